The summed E-state index contributed by atoms with van der Waals surface area (Å²) in [6, 6.07) is 4.73. The number of nitrogens with zero attached hydrogens (tertiary/aromatic N) is 2. The molecule has 0 spiro atoms. The van der Waals surface area contributed by atoms with Crippen molar-refractivity contribution in [2.75, 3.05) is 46.4 Å². The lowest BCUT2D eigenvalue weighted by molar-refractivity contribution is -0.121. The Labute approximate surface area is 183 Å². The van der Waals surface area contributed by atoms with Crippen molar-refractivity contribution in [3.05, 3.63) is 22.4 Å². The lowest BCUT2D eigenvalue weighted by Gasteiger charge is -2.34. The molecule has 0 aliphatic carbocycles. The third-order valence-corrected chi connectivity index (χ3v) is 5.11. The summed E-state index contributed by atoms with van der Waals surface area (Å²) in [6.45, 7) is 8.67. The van der Waals surface area contributed by atoms with Crippen LogP contribution in [0.2, 0.25) is 0 Å². The molecule has 154 valence electrons. The highest BCUT2D eigenvalue weighted by atomic mass is 127. The summed E-state index contributed by atoms with van der Waals surface area (Å²) in [4.78, 5) is 19.8. The third-order valence-electron chi connectivity index (χ3n) is 4.14. The second kappa shape index (κ2) is 13.3. The molecule has 27 heavy (non-hydrogen) atoms. The fraction of sp³-hybridized carbons (Fsp3) is 0.667. The monoisotopic (exact) mass is 509 g/mol. The minimum atomic E-state index is 0. The summed E-state index contributed by atoms with van der Waals surface area (Å²) in [7, 11) is 1.75. The van der Waals surface area contributed by atoms with Gasteiger partial charge in [-0.2, -0.15) is 0 Å². The topological polar surface area (TPSA) is 78.0 Å². The van der Waals surface area contributed by atoms with Gasteiger partial charge in [0.1, 0.15) is 0 Å². The second-order valence-corrected chi connectivity index (χ2v) is 7.51. The van der Waals surface area contributed by atoms with Crippen molar-refractivity contribution < 1.29 is 9.53 Å². The lowest BCUT2D eigenvalue weighted by atomic mass is 10.2. The van der Waals surface area contributed by atoms with Crippen molar-refractivity contribution in [1.29, 1.82) is 0 Å². The Morgan fingerprint density at radius 3 is 2.67 bits per heavy atom. The minimum Gasteiger partial charge on any atom is -0.379 e. The molecule has 1 aromatic heterocycles. The first-order chi connectivity index (χ1) is 12.6. The number of hydrogen-bond acceptors (Lipinski definition) is 5. The maximum Gasteiger partial charge on any atom is 0.221 e. The van der Waals surface area contributed by atoms with E-state index in [0.29, 0.717) is 19.0 Å². The van der Waals surface area contributed by atoms with E-state index in [2.05, 4.69) is 43.4 Å². The van der Waals surface area contributed by atoms with Crippen LogP contribution in [0.25, 0.3) is 0 Å². The molecule has 1 saturated heterocycles. The Morgan fingerprint density at radius 1 is 1.33 bits per heavy atom. The van der Waals surface area contributed by atoms with Crippen LogP contribution in [0.4, 0.5) is 0 Å². The van der Waals surface area contributed by atoms with Gasteiger partial charge in [0.2, 0.25) is 5.91 Å². The standard InChI is InChI=1S/C18H31N5O2S.HI/c1-14(2)22-17(24)6-7-20-18(19-3)21-13-15(16-5-4-12-26-16)23-8-10-25-11-9-23;/h4-5,12,14-15H,6-11,13H2,1-3H3,(H,22,24)(H2,19,20,21);1H. The number of rotatable bonds is 8. The molecule has 1 aliphatic heterocycles. The molecule has 0 radical (unpaired) electrons. The quantitative estimate of drug-likeness (QED) is 0.283. The highest BCUT2D eigenvalue weighted by molar-refractivity contribution is 14.0. The number of thiophene rings is 1. The maximum atomic E-state index is 11.7. The Kier molecular flexibility index (Phi) is 11.9. The summed E-state index contributed by atoms with van der Waals surface area (Å²) in [5.74, 6) is 0.768. The molecule has 9 heteroatoms. The molecule has 1 unspecified atom stereocenters. The molecule has 2 heterocycles. The molecular formula is C18H32IN5O2S. The predicted molar refractivity (Wildman–Crippen MR) is 122 cm³/mol. The van der Waals surface area contributed by atoms with Crippen LogP contribution in [0.15, 0.2) is 22.5 Å². The zero-order valence-electron chi connectivity index (χ0n) is 16.4. The van der Waals surface area contributed by atoms with Gasteiger partial charge >= 0.3 is 0 Å². The van der Waals surface area contributed by atoms with Crippen molar-refractivity contribution in [3.63, 3.8) is 0 Å². The van der Waals surface area contributed by atoms with Gasteiger partial charge in [-0.1, -0.05) is 6.07 Å². The van der Waals surface area contributed by atoms with E-state index < -0.39 is 0 Å². The number of nitrogens with one attached hydrogen (secondary N) is 3. The van der Waals surface area contributed by atoms with Crippen molar-refractivity contribution in [1.82, 2.24) is 20.9 Å². The summed E-state index contributed by atoms with van der Waals surface area (Å²) in [6.07, 6.45) is 0.427. The molecule has 1 atom stereocenters. The van der Waals surface area contributed by atoms with Crippen LogP contribution in [-0.2, 0) is 9.53 Å². The molecule has 1 fully saturated rings. The number of hydrogen-bond donors (Lipinski definition) is 3. The van der Waals surface area contributed by atoms with Crippen LogP contribution in [-0.4, -0.2) is 69.2 Å². The lowest BCUT2D eigenvalue weighted by Crippen LogP contribution is -2.46. The first kappa shape index (κ1) is 24.1. The van der Waals surface area contributed by atoms with E-state index in [-0.39, 0.29) is 35.9 Å². The normalized spacial score (nSPS) is 16.5. The van der Waals surface area contributed by atoms with E-state index in [9.17, 15) is 4.79 Å². The number of halogens is 1. The van der Waals surface area contributed by atoms with E-state index in [0.717, 1.165) is 38.8 Å². The molecule has 2 rings (SSSR count). The average molecular weight is 509 g/mol. The van der Waals surface area contributed by atoms with Crippen molar-refractivity contribution >= 4 is 47.2 Å². The molecular weight excluding hydrogens is 477 g/mol. The number of aliphatic imine (C=N–C) groups is 1. The first-order valence-corrected chi connectivity index (χ1v) is 10.1. The smallest absolute Gasteiger partial charge is 0.221 e. The molecule has 0 bridgehead atoms. The molecule has 7 nitrogen and oxygen atoms in total. The van der Waals surface area contributed by atoms with Crippen molar-refractivity contribution in [2.24, 2.45) is 4.99 Å². The largest absolute Gasteiger partial charge is 0.379 e. The van der Waals surface area contributed by atoms with Crippen LogP contribution < -0.4 is 16.0 Å². The summed E-state index contributed by atoms with van der Waals surface area (Å²) < 4.78 is 5.48. The second-order valence-electron chi connectivity index (χ2n) is 6.53. The highest BCUT2D eigenvalue weighted by Crippen LogP contribution is 2.25. The highest BCUT2D eigenvalue weighted by Gasteiger charge is 2.23. The molecule has 1 aliphatic rings. The Bertz CT molecular complexity index is 562. The third kappa shape index (κ3) is 8.75. The van der Waals surface area contributed by atoms with E-state index in [1.165, 1.54) is 4.88 Å². The minimum absolute atomic E-state index is 0. The van der Waals surface area contributed by atoms with E-state index in [4.69, 9.17) is 4.74 Å². The van der Waals surface area contributed by atoms with Gasteiger partial charge in [0.05, 0.1) is 19.3 Å². The van der Waals surface area contributed by atoms with Crippen molar-refractivity contribution in [3.8, 4) is 0 Å². The number of carbonyl (C=O) groups is 1. The number of ether oxygens (including phenoxy) is 1. The molecule has 1 aromatic rings. The van der Waals surface area contributed by atoms with Gasteiger partial charge in [-0.25, -0.2) is 0 Å². The van der Waals surface area contributed by atoms with Gasteiger partial charge in [-0.15, -0.1) is 35.3 Å². The Morgan fingerprint density at radius 2 is 2.07 bits per heavy atom. The molecule has 3 N–H and O–H groups in total. The van der Waals surface area contributed by atoms with E-state index in [1.807, 2.05) is 13.8 Å². The SMILES string of the molecule is CN=C(NCCC(=O)NC(C)C)NCC(c1cccs1)N1CCOCC1.I. The summed E-state index contributed by atoms with van der Waals surface area (Å²) >= 11 is 1.78. The predicted octanol–water partition coefficient (Wildman–Crippen LogP) is 1.82. The van der Waals surface area contributed by atoms with Crippen LogP contribution in [0.3, 0.4) is 0 Å². The molecule has 0 saturated carbocycles. The van der Waals surface area contributed by atoms with Gasteiger partial charge in [-0.05, 0) is 25.3 Å². The number of guanidine groups is 1. The Hall–Kier alpha value is -0.910. The zero-order valence-corrected chi connectivity index (χ0v) is 19.5. The average Bonchev–Trinajstić information content (AvgIpc) is 3.15. The molecule has 0 aromatic carbocycles. The van der Waals surface area contributed by atoms with Crippen LogP contribution >= 0.6 is 35.3 Å². The van der Waals surface area contributed by atoms with Gasteiger partial charge in [-0.3, -0.25) is 14.7 Å². The Balaban J connectivity index is 0.00000364. The van der Waals surface area contributed by atoms with Gasteiger partial charge in [0.15, 0.2) is 5.96 Å². The number of morpholine rings is 1. The zero-order chi connectivity index (χ0) is 18.8. The molecule has 1 amide bonds. The van der Waals surface area contributed by atoms with Crippen LogP contribution in [0.1, 0.15) is 31.2 Å². The summed E-state index contributed by atoms with van der Waals surface area (Å²) in [5, 5.41) is 11.6. The van der Waals surface area contributed by atoms with Gasteiger partial charge < -0.3 is 20.7 Å². The maximum absolute atomic E-state index is 11.7. The first-order valence-electron chi connectivity index (χ1n) is 9.19. The summed E-state index contributed by atoms with van der Waals surface area (Å²) in [5.41, 5.74) is 0. The van der Waals surface area contributed by atoms with Crippen LogP contribution in [0, 0.1) is 0 Å². The van der Waals surface area contributed by atoms with Crippen molar-refractivity contribution in [2.45, 2.75) is 32.4 Å². The van der Waals surface area contributed by atoms with Gasteiger partial charge in [0.25, 0.3) is 0 Å². The van der Waals surface area contributed by atoms with E-state index in [1.54, 1.807) is 18.4 Å². The van der Waals surface area contributed by atoms with Crippen LogP contribution in [0.5, 0.6) is 0 Å². The number of amides is 1. The fourth-order valence-corrected chi connectivity index (χ4v) is 3.74. The fourth-order valence-electron chi connectivity index (χ4n) is 2.88. The van der Waals surface area contributed by atoms with Gasteiger partial charge in [0, 0.05) is 50.6 Å². The van der Waals surface area contributed by atoms with E-state index >= 15 is 0 Å². The number of carbonyl (C=O) groups excluding carboxylic acids is 1.